The van der Waals surface area contributed by atoms with Crippen LogP contribution in [0.2, 0.25) is 0 Å². The molecule has 104 valence electrons. The first-order chi connectivity index (χ1) is 8.26. The molecule has 0 radical (unpaired) electrons. The fourth-order valence-corrected chi connectivity index (χ4v) is 2.51. The summed E-state index contributed by atoms with van der Waals surface area (Å²) in [7, 11) is 0. The molecule has 0 spiro atoms. The second-order valence-electron chi connectivity index (χ2n) is 5.89. The maximum absolute atomic E-state index is 12.1. The third-order valence-electron chi connectivity index (χ3n) is 3.54. The first-order valence-corrected chi connectivity index (χ1v) is 6.56. The van der Waals surface area contributed by atoms with Gasteiger partial charge < -0.3 is 15.3 Å². The van der Waals surface area contributed by atoms with Crippen LogP contribution in [-0.4, -0.2) is 40.6 Å². The Morgan fingerprint density at radius 1 is 1.39 bits per heavy atom. The van der Waals surface area contributed by atoms with Crippen LogP contribution in [0.3, 0.4) is 0 Å². The van der Waals surface area contributed by atoms with Gasteiger partial charge in [0.2, 0.25) is 0 Å². The molecule has 0 bridgehead atoms. The summed E-state index contributed by atoms with van der Waals surface area (Å²) in [6.45, 7) is 8.76. The number of carboxylic acids is 1. The number of hydrogen-bond donors (Lipinski definition) is 2. The molecule has 1 fully saturated rings. The highest BCUT2D eigenvalue weighted by Gasteiger charge is 2.37. The Bertz CT molecular complexity index is 328. The molecule has 2 unspecified atom stereocenters. The molecule has 1 saturated heterocycles. The zero-order chi connectivity index (χ0) is 13.9. The van der Waals surface area contributed by atoms with E-state index < -0.39 is 11.9 Å². The second-order valence-corrected chi connectivity index (χ2v) is 5.89. The monoisotopic (exact) mass is 256 g/mol. The van der Waals surface area contributed by atoms with Crippen LogP contribution in [0.25, 0.3) is 0 Å². The Labute approximate surface area is 109 Å². The van der Waals surface area contributed by atoms with Gasteiger partial charge in [0, 0.05) is 18.6 Å². The van der Waals surface area contributed by atoms with E-state index in [9.17, 15) is 9.59 Å². The number of carboxylic acid groups (broad SMARTS) is 1. The summed E-state index contributed by atoms with van der Waals surface area (Å²) < 4.78 is 0. The second kappa shape index (κ2) is 5.59. The molecule has 2 atom stereocenters. The van der Waals surface area contributed by atoms with Crippen molar-refractivity contribution in [1.82, 2.24) is 10.2 Å². The number of nitrogens with one attached hydrogen (secondary N) is 1. The predicted octanol–water partition coefficient (Wildman–Crippen LogP) is 1.93. The number of hydrogen-bond acceptors (Lipinski definition) is 2. The number of amides is 2. The van der Waals surface area contributed by atoms with Crippen LogP contribution in [0.4, 0.5) is 4.79 Å². The number of carbonyl (C=O) groups is 2. The van der Waals surface area contributed by atoms with Crippen LogP contribution >= 0.6 is 0 Å². The highest BCUT2D eigenvalue weighted by molar-refractivity contribution is 5.78. The van der Waals surface area contributed by atoms with Crippen molar-refractivity contribution in [3.63, 3.8) is 0 Å². The molecule has 1 rings (SSSR count). The average molecular weight is 256 g/mol. The van der Waals surface area contributed by atoms with Gasteiger partial charge in [-0.05, 0) is 26.2 Å². The van der Waals surface area contributed by atoms with Gasteiger partial charge in [0.25, 0.3) is 0 Å². The van der Waals surface area contributed by atoms with E-state index >= 15 is 0 Å². The van der Waals surface area contributed by atoms with E-state index in [-0.39, 0.29) is 17.5 Å². The SMILES string of the molecule is CCCC(C)(C)NC(=O)N1CC(C)C(C(=O)O)C1. The van der Waals surface area contributed by atoms with Crippen molar-refractivity contribution >= 4 is 12.0 Å². The van der Waals surface area contributed by atoms with Crippen LogP contribution in [0, 0.1) is 11.8 Å². The molecule has 0 aromatic rings. The van der Waals surface area contributed by atoms with Gasteiger partial charge in [0.15, 0.2) is 0 Å². The zero-order valence-corrected chi connectivity index (χ0v) is 11.7. The van der Waals surface area contributed by atoms with E-state index in [0.29, 0.717) is 13.1 Å². The minimum Gasteiger partial charge on any atom is -0.481 e. The topological polar surface area (TPSA) is 69.6 Å². The van der Waals surface area contributed by atoms with Gasteiger partial charge in [0.05, 0.1) is 5.92 Å². The molecule has 1 aliphatic heterocycles. The summed E-state index contributed by atoms with van der Waals surface area (Å²) in [5.41, 5.74) is -0.240. The average Bonchev–Trinajstić information content (AvgIpc) is 2.59. The molecule has 0 aromatic carbocycles. The minimum atomic E-state index is -0.814. The van der Waals surface area contributed by atoms with E-state index in [4.69, 9.17) is 5.11 Å². The quantitative estimate of drug-likeness (QED) is 0.807. The summed E-state index contributed by atoms with van der Waals surface area (Å²) in [4.78, 5) is 24.7. The standard InChI is InChI=1S/C13H24N2O3/c1-5-6-13(3,4)14-12(18)15-7-9(2)10(8-15)11(16)17/h9-10H,5-8H2,1-4H3,(H,14,18)(H,16,17). The third-order valence-corrected chi connectivity index (χ3v) is 3.54. The molecule has 0 aromatic heterocycles. The molecule has 5 nitrogen and oxygen atoms in total. The Balaban J connectivity index is 2.57. The van der Waals surface area contributed by atoms with Crippen molar-refractivity contribution in [2.45, 2.75) is 46.1 Å². The summed E-state index contributed by atoms with van der Waals surface area (Å²) in [5.74, 6) is -1.24. The lowest BCUT2D eigenvalue weighted by molar-refractivity contribution is -0.142. The van der Waals surface area contributed by atoms with Crippen molar-refractivity contribution in [3.05, 3.63) is 0 Å². The van der Waals surface area contributed by atoms with E-state index in [1.54, 1.807) is 4.90 Å². The summed E-state index contributed by atoms with van der Waals surface area (Å²) >= 11 is 0. The highest BCUT2D eigenvalue weighted by Crippen LogP contribution is 2.23. The maximum atomic E-state index is 12.1. The van der Waals surface area contributed by atoms with E-state index in [0.717, 1.165) is 12.8 Å². The summed E-state index contributed by atoms with van der Waals surface area (Å²) in [6, 6.07) is -0.149. The van der Waals surface area contributed by atoms with Gasteiger partial charge in [0.1, 0.15) is 0 Å². The first-order valence-electron chi connectivity index (χ1n) is 6.56. The number of carbonyl (C=O) groups excluding carboxylic acids is 1. The molecule has 5 heteroatoms. The van der Waals surface area contributed by atoms with Crippen LogP contribution < -0.4 is 5.32 Å². The number of aliphatic carboxylic acids is 1. The molecule has 0 saturated carbocycles. The molecule has 0 aliphatic carbocycles. The molecular formula is C13H24N2O3. The molecule has 2 N–H and O–H groups in total. The highest BCUT2D eigenvalue weighted by atomic mass is 16.4. The molecule has 1 heterocycles. The normalized spacial score (nSPS) is 24.1. The van der Waals surface area contributed by atoms with Crippen LogP contribution in [0.1, 0.15) is 40.5 Å². The Morgan fingerprint density at radius 3 is 2.44 bits per heavy atom. The van der Waals surface area contributed by atoms with Crippen molar-refractivity contribution in [3.8, 4) is 0 Å². The van der Waals surface area contributed by atoms with E-state index in [1.165, 1.54) is 0 Å². The van der Waals surface area contributed by atoms with Crippen LogP contribution in [-0.2, 0) is 4.79 Å². The maximum Gasteiger partial charge on any atom is 0.317 e. The van der Waals surface area contributed by atoms with Gasteiger partial charge in [-0.2, -0.15) is 0 Å². The predicted molar refractivity (Wildman–Crippen MR) is 69.4 cm³/mol. The lowest BCUT2D eigenvalue weighted by Gasteiger charge is -2.29. The molecule has 1 aliphatic rings. The van der Waals surface area contributed by atoms with Gasteiger partial charge in [-0.3, -0.25) is 4.79 Å². The van der Waals surface area contributed by atoms with Gasteiger partial charge in [-0.1, -0.05) is 20.3 Å². The van der Waals surface area contributed by atoms with Gasteiger partial charge in [-0.15, -0.1) is 0 Å². The van der Waals surface area contributed by atoms with Crippen molar-refractivity contribution in [1.29, 1.82) is 0 Å². The fraction of sp³-hybridized carbons (Fsp3) is 0.846. The Hall–Kier alpha value is -1.26. The smallest absolute Gasteiger partial charge is 0.317 e. The Morgan fingerprint density at radius 2 is 2.00 bits per heavy atom. The molecule has 2 amide bonds. The van der Waals surface area contributed by atoms with Crippen LogP contribution in [0.5, 0.6) is 0 Å². The molecule has 18 heavy (non-hydrogen) atoms. The van der Waals surface area contributed by atoms with Crippen molar-refractivity contribution in [2.75, 3.05) is 13.1 Å². The van der Waals surface area contributed by atoms with Gasteiger partial charge in [-0.25, -0.2) is 4.79 Å². The lowest BCUT2D eigenvalue weighted by Crippen LogP contribution is -2.49. The van der Waals surface area contributed by atoms with Crippen molar-refractivity contribution in [2.24, 2.45) is 11.8 Å². The number of urea groups is 1. The summed E-state index contributed by atoms with van der Waals surface area (Å²) in [5, 5.41) is 12.0. The lowest BCUT2D eigenvalue weighted by atomic mass is 9.99. The Kier molecular flexibility index (Phi) is 4.59. The van der Waals surface area contributed by atoms with Crippen molar-refractivity contribution < 1.29 is 14.7 Å². The number of likely N-dealkylation sites (tertiary alicyclic amines) is 1. The number of rotatable bonds is 4. The third kappa shape index (κ3) is 3.62. The fourth-order valence-electron chi connectivity index (χ4n) is 2.51. The van der Waals surface area contributed by atoms with E-state index in [2.05, 4.69) is 12.2 Å². The molecular weight excluding hydrogens is 232 g/mol. The van der Waals surface area contributed by atoms with Crippen LogP contribution in [0.15, 0.2) is 0 Å². The van der Waals surface area contributed by atoms with Gasteiger partial charge >= 0.3 is 12.0 Å². The number of nitrogens with zero attached hydrogens (tertiary/aromatic N) is 1. The minimum absolute atomic E-state index is 0.0162. The summed E-state index contributed by atoms with van der Waals surface area (Å²) in [6.07, 6.45) is 1.91. The zero-order valence-electron chi connectivity index (χ0n) is 11.7. The van der Waals surface area contributed by atoms with E-state index in [1.807, 2.05) is 20.8 Å². The first kappa shape index (κ1) is 14.8. The largest absolute Gasteiger partial charge is 0.481 e.